The van der Waals surface area contributed by atoms with Gasteiger partial charge in [0, 0.05) is 42.6 Å². The molecule has 0 aliphatic carbocycles. The summed E-state index contributed by atoms with van der Waals surface area (Å²) < 4.78 is 17.4. The molecule has 0 aliphatic rings. The number of anilines is 1. The highest BCUT2D eigenvalue weighted by molar-refractivity contribution is 5.94. The Morgan fingerprint density at radius 2 is 1.94 bits per heavy atom. The zero-order chi connectivity index (χ0) is 23.2. The number of amides is 2. The highest BCUT2D eigenvalue weighted by Crippen LogP contribution is 2.24. The Kier molecular flexibility index (Phi) is 7.02. The Balaban J connectivity index is 1.52. The van der Waals surface area contributed by atoms with Gasteiger partial charge >= 0.3 is 6.03 Å². The number of rotatable bonds is 9. The maximum absolute atomic E-state index is 13.4. The summed E-state index contributed by atoms with van der Waals surface area (Å²) in [5.74, 6) is -0.297. The molecule has 172 valence electrons. The number of imidazole rings is 1. The average Bonchev–Trinajstić information content (AvgIpc) is 3.42. The maximum atomic E-state index is 13.4. The van der Waals surface area contributed by atoms with Gasteiger partial charge in [0.1, 0.15) is 5.82 Å². The van der Waals surface area contributed by atoms with Gasteiger partial charge in [-0.2, -0.15) is 5.10 Å². The van der Waals surface area contributed by atoms with Crippen molar-refractivity contribution in [1.82, 2.24) is 24.6 Å². The van der Waals surface area contributed by atoms with Crippen LogP contribution in [0.1, 0.15) is 31.0 Å². The lowest BCUT2D eigenvalue weighted by molar-refractivity contribution is 0.245. The molecule has 33 heavy (non-hydrogen) atoms. The number of hydrogen-bond acceptors (Lipinski definition) is 3. The van der Waals surface area contributed by atoms with Crippen LogP contribution in [0.4, 0.5) is 14.9 Å². The van der Waals surface area contributed by atoms with Crippen molar-refractivity contribution in [2.75, 3.05) is 11.4 Å². The quantitative estimate of drug-likeness (QED) is 0.371. The van der Waals surface area contributed by atoms with Crippen molar-refractivity contribution in [3.63, 3.8) is 0 Å². The molecule has 0 bridgehead atoms. The molecule has 2 aromatic heterocycles. The van der Waals surface area contributed by atoms with Crippen molar-refractivity contribution in [2.45, 2.75) is 46.3 Å². The fraction of sp³-hybridized carbons (Fsp3) is 0.320. The first kappa shape index (κ1) is 22.5. The molecule has 0 atom stereocenters. The Morgan fingerprint density at radius 1 is 1.12 bits per heavy atom. The van der Waals surface area contributed by atoms with Crippen LogP contribution in [0.15, 0.2) is 61.2 Å². The second-order valence-corrected chi connectivity index (χ2v) is 8.14. The van der Waals surface area contributed by atoms with Crippen LogP contribution in [0, 0.1) is 12.7 Å². The van der Waals surface area contributed by atoms with Crippen molar-refractivity contribution in [2.24, 2.45) is 0 Å². The van der Waals surface area contributed by atoms with E-state index in [0.717, 1.165) is 53.8 Å². The van der Waals surface area contributed by atoms with Gasteiger partial charge < -0.3 is 9.88 Å². The third-order valence-corrected chi connectivity index (χ3v) is 5.65. The van der Waals surface area contributed by atoms with Gasteiger partial charge in [-0.25, -0.2) is 14.2 Å². The zero-order valence-electron chi connectivity index (χ0n) is 19.0. The maximum Gasteiger partial charge on any atom is 0.322 e. The highest BCUT2D eigenvalue weighted by Gasteiger charge is 2.17. The predicted octanol–water partition coefficient (Wildman–Crippen LogP) is 4.90. The van der Waals surface area contributed by atoms with Gasteiger partial charge in [-0.05, 0) is 55.7 Å². The first-order valence-electron chi connectivity index (χ1n) is 11.3. The van der Waals surface area contributed by atoms with Gasteiger partial charge in [0.15, 0.2) is 0 Å². The lowest BCUT2D eigenvalue weighted by Gasteiger charge is -2.24. The van der Waals surface area contributed by atoms with E-state index in [2.05, 4.69) is 26.9 Å². The highest BCUT2D eigenvalue weighted by atomic mass is 19.1. The Hall–Kier alpha value is -3.68. The number of carbonyl (C=O) groups is 1. The number of carbonyl (C=O) groups excluding carboxylic acids is 1. The number of benzene rings is 2. The van der Waals surface area contributed by atoms with Gasteiger partial charge in [0.25, 0.3) is 0 Å². The third-order valence-electron chi connectivity index (χ3n) is 5.65. The SMILES string of the molecule is CCCn1ncc2ccc(N(Cc3ccc(F)cc3)C(=O)NCCCn3cncc3C)cc21. The van der Waals surface area contributed by atoms with Gasteiger partial charge in [-0.3, -0.25) is 9.58 Å². The minimum Gasteiger partial charge on any atom is -0.338 e. The molecule has 2 amide bonds. The van der Waals surface area contributed by atoms with E-state index in [0.29, 0.717) is 13.1 Å². The van der Waals surface area contributed by atoms with Crippen LogP contribution < -0.4 is 10.2 Å². The van der Waals surface area contributed by atoms with Crippen molar-refractivity contribution in [3.8, 4) is 0 Å². The molecule has 0 fully saturated rings. The molecular formula is C25H29FN6O. The minimum atomic E-state index is -0.297. The zero-order valence-corrected chi connectivity index (χ0v) is 19.0. The summed E-state index contributed by atoms with van der Waals surface area (Å²) in [4.78, 5) is 19.1. The largest absolute Gasteiger partial charge is 0.338 e. The van der Waals surface area contributed by atoms with E-state index in [1.807, 2.05) is 42.2 Å². The van der Waals surface area contributed by atoms with E-state index in [9.17, 15) is 9.18 Å². The second kappa shape index (κ2) is 10.3. The van der Waals surface area contributed by atoms with Crippen LogP contribution in [-0.2, 0) is 19.6 Å². The number of hydrogen-bond donors (Lipinski definition) is 1. The Morgan fingerprint density at radius 3 is 2.67 bits per heavy atom. The molecule has 2 aromatic carbocycles. The smallest absolute Gasteiger partial charge is 0.322 e. The Bertz CT molecular complexity index is 1210. The Labute approximate surface area is 192 Å². The van der Waals surface area contributed by atoms with Crippen LogP contribution in [0.25, 0.3) is 10.9 Å². The number of aromatic nitrogens is 4. The molecule has 2 heterocycles. The molecule has 4 aromatic rings. The summed E-state index contributed by atoms with van der Waals surface area (Å²) in [5.41, 5.74) is 3.70. The van der Waals surface area contributed by atoms with Crippen molar-refractivity contribution < 1.29 is 9.18 Å². The van der Waals surface area contributed by atoms with E-state index in [1.165, 1.54) is 12.1 Å². The van der Waals surface area contributed by atoms with Gasteiger partial charge in [0.05, 0.1) is 24.6 Å². The molecule has 0 unspecified atom stereocenters. The molecule has 0 saturated heterocycles. The van der Waals surface area contributed by atoms with Crippen LogP contribution in [0.3, 0.4) is 0 Å². The number of urea groups is 1. The summed E-state index contributed by atoms with van der Waals surface area (Å²) in [6.45, 7) is 6.58. The van der Waals surface area contributed by atoms with Crippen LogP contribution >= 0.6 is 0 Å². The van der Waals surface area contributed by atoms with Crippen LogP contribution in [0.2, 0.25) is 0 Å². The second-order valence-electron chi connectivity index (χ2n) is 8.14. The van der Waals surface area contributed by atoms with Gasteiger partial charge in [-0.1, -0.05) is 19.1 Å². The van der Waals surface area contributed by atoms with E-state index >= 15 is 0 Å². The molecule has 7 nitrogen and oxygen atoms in total. The molecule has 4 rings (SSSR count). The van der Waals surface area contributed by atoms with Crippen molar-refractivity contribution in [1.29, 1.82) is 0 Å². The summed E-state index contributed by atoms with van der Waals surface area (Å²) in [6, 6.07) is 12.0. The minimum absolute atomic E-state index is 0.192. The van der Waals surface area contributed by atoms with Crippen molar-refractivity contribution in [3.05, 3.63) is 78.3 Å². The molecule has 0 radical (unpaired) electrons. The van der Waals surface area contributed by atoms with Crippen LogP contribution in [-0.4, -0.2) is 31.9 Å². The molecular weight excluding hydrogens is 419 g/mol. The normalized spacial score (nSPS) is 11.1. The first-order chi connectivity index (χ1) is 16.0. The summed E-state index contributed by atoms with van der Waals surface area (Å²) in [7, 11) is 0. The number of fused-ring (bicyclic) bond motifs is 1. The van der Waals surface area contributed by atoms with E-state index < -0.39 is 0 Å². The molecule has 0 aliphatic heterocycles. The van der Waals surface area contributed by atoms with Gasteiger partial charge in [0.2, 0.25) is 0 Å². The number of nitrogens with zero attached hydrogens (tertiary/aromatic N) is 5. The third kappa shape index (κ3) is 5.39. The topological polar surface area (TPSA) is 68.0 Å². The summed E-state index contributed by atoms with van der Waals surface area (Å²) in [5, 5.41) is 8.53. The van der Waals surface area contributed by atoms with E-state index in [-0.39, 0.29) is 11.8 Å². The van der Waals surface area contributed by atoms with Crippen LogP contribution in [0.5, 0.6) is 0 Å². The fourth-order valence-corrected chi connectivity index (χ4v) is 3.83. The van der Waals surface area contributed by atoms with Gasteiger partial charge in [-0.15, -0.1) is 0 Å². The standard InChI is InChI=1S/C25H29FN6O/c1-3-12-32-24-14-23(10-7-21(24)16-29-32)31(17-20-5-8-22(26)9-6-20)25(33)28-11-4-13-30-18-27-15-19(30)2/h5-10,14-16,18H,3-4,11-13,17H2,1-2H3,(H,28,33). The summed E-state index contributed by atoms with van der Waals surface area (Å²) >= 11 is 0. The monoisotopic (exact) mass is 448 g/mol. The molecule has 1 N–H and O–H groups in total. The fourth-order valence-electron chi connectivity index (χ4n) is 3.83. The molecule has 0 saturated carbocycles. The van der Waals surface area contributed by atoms with E-state index in [1.54, 1.807) is 23.4 Å². The van der Waals surface area contributed by atoms with E-state index in [4.69, 9.17) is 0 Å². The number of halogens is 1. The first-order valence-corrected chi connectivity index (χ1v) is 11.3. The average molecular weight is 449 g/mol. The lowest BCUT2D eigenvalue weighted by Crippen LogP contribution is -2.40. The molecule has 0 spiro atoms. The predicted molar refractivity (Wildman–Crippen MR) is 128 cm³/mol. The summed E-state index contributed by atoms with van der Waals surface area (Å²) in [6.07, 6.45) is 7.22. The lowest BCUT2D eigenvalue weighted by atomic mass is 10.1. The molecule has 8 heteroatoms. The number of aryl methyl sites for hydroxylation is 3. The number of nitrogens with one attached hydrogen (secondary N) is 1. The van der Waals surface area contributed by atoms with Crippen molar-refractivity contribution >= 4 is 22.6 Å².